The molecule has 5 rings (SSSR count). The lowest BCUT2D eigenvalue weighted by atomic mass is 9.73. The highest BCUT2D eigenvalue weighted by Crippen LogP contribution is 2.46. The minimum atomic E-state index is -1.01. The Morgan fingerprint density at radius 2 is 1.82 bits per heavy atom. The molecule has 1 fully saturated rings. The van der Waals surface area contributed by atoms with Gasteiger partial charge in [0.25, 0.3) is 0 Å². The maximum atomic E-state index is 13.9. The van der Waals surface area contributed by atoms with E-state index in [1.54, 1.807) is 13.0 Å². The number of carbonyl (C=O) groups is 3. The molecule has 38 heavy (non-hydrogen) atoms. The van der Waals surface area contributed by atoms with E-state index in [9.17, 15) is 14.4 Å². The smallest absolute Gasteiger partial charge is 0.437 e. The maximum absolute atomic E-state index is 13.9. The van der Waals surface area contributed by atoms with Crippen LogP contribution in [-0.4, -0.2) is 48.5 Å². The topological polar surface area (TPSA) is 112 Å². The summed E-state index contributed by atoms with van der Waals surface area (Å²) >= 11 is 0. The van der Waals surface area contributed by atoms with Crippen molar-refractivity contribution in [1.82, 2.24) is 0 Å². The summed E-state index contributed by atoms with van der Waals surface area (Å²) < 4.78 is 10.1. The Morgan fingerprint density at radius 1 is 1.05 bits per heavy atom. The van der Waals surface area contributed by atoms with Gasteiger partial charge in [0.05, 0.1) is 19.7 Å². The zero-order chi connectivity index (χ0) is 26.8. The number of piperidine rings is 1. The van der Waals surface area contributed by atoms with Gasteiger partial charge in [-0.25, -0.2) is 14.4 Å². The molecule has 1 spiro atoms. The van der Waals surface area contributed by atoms with Gasteiger partial charge in [-0.1, -0.05) is 36.3 Å². The molecule has 2 aliphatic rings. The zero-order valence-electron chi connectivity index (χ0n) is 21.3. The molecule has 1 aromatic heterocycles. The number of quaternary nitrogens is 1. The van der Waals surface area contributed by atoms with Gasteiger partial charge in [0.2, 0.25) is 5.76 Å². The molecule has 8 heteroatoms. The number of likely N-dealkylation sites (tertiary alicyclic amines) is 1. The summed E-state index contributed by atoms with van der Waals surface area (Å²) in [5, 5.41) is 3.46. The van der Waals surface area contributed by atoms with Gasteiger partial charge in [0.1, 0.15) is 0 Å². The van der Waals surface area contributed by atoms with Crippen LogP contribution in [0.5, 0.6) is 0 Å². The third-order valence-corrected chi connectivity index (χ3v) is 7.60. The predicted molar refractivity (Wildman–Crippen MR) is 141 cm³/mol. The third-order valence-electron chi connectivity index (χ3n) is 7.60. The number of fused-ring (bicyclic) bond motifs is 2. The van der Waals surface area contributed by atoms with Crippen molar-refractivity contribution in [1.29, 1.82) is 0 Å². The molecule has 0 radical (unpaired) electrons. The van der Waals surface area contributed by atoms with Crippen molar-refractivity contribution >= 4 is 23.5 Å². The first-order valence-electron chi connectivity index (χ1n) is 12.8. The van der Waals surface area contributed by atoms with Crippen LogP contribution in [0.3, 0.4) is 0 Å². The van der Waals surface area contributed by atoms with Crippen LogP contribution in [0.2, 0.25) is 0 Å². The Bertz CT molecular complexity index is 1440. The van der Waals surface area contributed by atoms with Gasteiger partial charge in [-0.3, -0.25) is 0 Å². The van der Waals surface area contributed by atoms with Crippen molar-refractivity contribution < 1.29 is 28.0 Å². The Kier molecular flexibility index (Phi) is 6.89. The van der Waals surface area contributed by atoms with Crippen molar-refractivity contribution in [3.63, 3.8) is 0 Å². The van der Waals surface area contributed by atoms with Gasteiger partial charge in [-0.15, -0.1) is 0 Å². The molecule has 0 aliphatic carbocycles. The lowest BCUT2D eigenvalue weighted by molar-refractivity contribution is -0.778. The van der Waals surface area contributed by atoms with Crippen LogP contribution in [0, 0.1) is 11.8 Å². The first kappa shape index (κ1) is 25.5. The molecule has 8 nitrogen and oxygen atoms in total. The van der Waals surface area contributed by atoms with Crippen LogP contribution in [0.4, 0.5) is 5.69 Å². The minimum Gasteiger partial charge on any atom is -0.456 e. The molecule has 194 valence electrons. The number of furan rings is 1. The molecule has 0 atom stereocenters. The lowest BCUT2D eigenvalue weighted by Gasteiger charge is -2.42. The van der Waals surface area contributed by atoms with E-state index in [-0.39, 0.29) is 30.9 Å². The van der Waals surface area contributed by atoms with Crippen molar-refractivity contribution in [2.24, 2.45) is 5.73 Å². The fourth-order valence-electron chi connectivity index (χ4n) is 5.42. The molecule has 3 heterocycles. The average Bonchev–Trinajstić information content (AvgIpc) is 3.57. The van der Waals surface area contributed by atoms with E-state index in [0.717, 1.165) is 22.4 Å². The van der Waals surface area contributed by atoms with Gasteiger partial charge >= 0.3 is 17.8 Å². The number of amides is 2. The number of nitrogens with two attached hydrogens (primary N) is 1. The van der Waals surface area contributed by atoms with Crippen LogP contribution in [0.1, 0.15) is 52.8 Å². The lowest BCUT2D eigenvalue weighted by Crippen LogP contribution is -2.65. The fourth-order valence-corrected chi connectivity index (χ4v) is 5.42. The number of imide groups is 1. The largest absolute Gasteiger partial charge is 0.456 e. The summed E-state index contributed by atoms with van der Waals surface area (Å²) in [5.41, 5.74) is 9.64. The highest BCUT2D eigenvalue weighted by molar-refractivity contribution is 6.31. The number of hydrogen-bond acceptors (Lipinski definition) is 7. The van der Waals surface area contributed by atoms with Gasteiger partial charge in [-0.2, -0.15) is 4.48 Å². The summed E-state index contributed by atoms with van der Waals surface area (Å²) in [7, 11) is 0. The van der Waals surface area contributed by atoms with E-state index in [2.05, 4.69) is 23.2 Å². The Hall–Kier alpha value is -4.19. The van der Waals surface area contributed by atoms with Gasteiger partial charge in [0, 0.05) is 42.6 Å². The number of anilines is 1. The van der Waals surface area contributed by atoms with Crippen LogP contribution in [0.25, 0.3) is 0 Å². The molecular weight excluding hydrogens is 482 g/mol. The quantitative estimate of drug-likeness (QED) is 0.240. The van der Waals surface area contributed by atoms with E-state index in [4.69, 9.17) is 14.9 Å². The number of nitrogens with zero attached hydrogens (tertiary/aromatic N) is 1. The molecule has 1 saturated heterocycles. The second-order valence-corrected chi connectivity index (χ2v) is 9.74. The first-order valence-corrected chi connectivity index (χ1v) is 12.8. The molecule has 3 N–H and O–H groups in total. The maximum Gasteiger partial charge on any atom is 0.437 e. The van der Waals surface area contributed by atoms with Crippen molar-refractivity contribution in [3.05, 3.63) is 88.9 Å². The molecule has 0 saturated carbocycles. The Morgan fingerprint density at radius 3 is 2.53 bits per heavy atom. The number of hydrogen-bond donors (Lipinski definition) is 2. The monoisotopic (exact) mass is 512 g/mol. The second kappa shape index (κ2) is 10.3. The highest BCUT2D eigenvalue weighted by atomic mass is 16.5. The predicted octanol–water partition coefficient (Wildman–Crippen LogP) is 3.34. The Labute approximate surface area is 221 Å². The molecule has 2 amide bonds. The van der Waals surface area contributed by atoms with E-state index in [1.165, 1.54) is 6.07 Å². The summed E-state index contributed by atoms with van der Waals surface area (Å²) in [5.74, 6) is 3.76. The molecule has 0 bridgehead atoms. The summed E-state index contributed by atoms with van der Waals surface area (Å²) in [6, 6.07) is 18.7. The highest BCUT2D eigenvalue weighted by Gasteiger charge is 2.57. The molecular formula is C30H30N3O5+. The van der Waals surface area contributed by atoms with Crippen LogP contribution in [-0.2, 0) is 26.3 Å². The number of benzene rings is 2. The normalized spacial score (nSPS) is 21.6. The van der Waals surface area contributed by atoms with Gasteiger partial charge in [0.15, 0.2) is 5.76 Å². The number of ether oxygens (including phenoxy) is 1. The van der Waals surface area contributed by atoms with Crippen molar-refractivity contribution in [3.8, 4) is 11.8 Å². The van der Waals surface area contributed by atoms with Crippen molar-refractivity contribution in [2.45, 2.75) is 31.7 Å². The number of carbonyl (C=O) groups excluding carboxylic acids is 3. The average molecular weight is 513 g/mol. The van der Waals surface area contributed by atoms with Crippen molar-refractivity contribution in [2.75, 3.05) is 31.6 Å². The first-order chi connectivity index (χ1) is 18.4. The SMILES string of the molecule is CCOC(=O)C(=O)[N+]1(C(=O)c2ccc(C#Cc3ccccc3)o2)CCC2(CC1)CNc1ccc(CN)cc12. The third kappa shape index (κ3) is 4.51. The molecule has 0 unspecified atom stereocenters. The van der Waals surface area contributed by atoms with E-state index in [0.29, 0.717) is 31.7 Å². The standard InChI is InChI=1S/C30H30N3O5/c1-2-37-29(36)28(35)33(27(34)26-13-11-23(38-26)10-8-21-6-4-3-5-7-21)16-14-30(15-17-33)20-32-25-12-9-22(19-31)18-24(25)30/h3-7,9,11-13,18,32H,2,14-17,19-20,31H2,1H3/q+1. The van der Waals surface area contributed by atoms with E-state index >= 15 is 0 Å². The molecule has 3 aromatic rings. The second-order valence-electron chi connectivity index (χ2n) is 9.74. The van der Waals surface area contributed by atoms with Crippen LogP contribution >= 0.6 is 0 Å². The number of nitrogens with one attached hydrogen (secondary N) is 1. The molecule has 2 aliphatic heterocycles. The summed E-state index contributed by atoms with van der Waals surface area (Å²) in [4.78, 5) is 40.0. The van der Waals surface area contributed by atoms with Gasteiger partial charge in [-0.05, 0) is 54.3 Å². The summed E-state index contributed by atoms with van der Waals surface area (Å²) in [6.45, 7) is 3.09. The van der Waals surface area contributed by atoms with Crippen LogP contribution < -0.4 is 11.1 Å². The summed E-state index contributed by atoms with van der Waals surface area (Å²) in [6.07, 6.45) is 1.05. The number of esters is 1. The Balaban J connectivity index is 1.44. The van der Waals surface area contributed by atoms with Gasteiger partial charge < -0.3 is 20.2 Å². The fraction of sp³-hybridized carbons (Fsp3) is 0.300. The zero-order valence-corrected chi connectivity index (χ0v) is 21.3. The van der Waals surface area contributed by atoms with Crippen LogP contribution in [0.15, 0.2) is 65.1 Å². The molecule has 2 aromatic carbocycles. The van der Waals surface area contributed by atoms with E-state index < -0.39 is 22.3 Å². The van der Waals surface area contributed by atoms with E-state index in [1.807, 2.05) is 42.5 Å². The minimum absolute atomic E-state index is 0.00803. The number of rotatable bonds is 3.